The normalized spacial score (nSPS) is 12.7. The zero-order valence-corrected chi connectivity index (χ0v) is 12.5. The van der Waals surface area contributed by atoms with E-state index in [1.54, 1.807) is 7.11 Å². The quantitative estimate of drug-likeness (QED) is 0.692. The minimum atomic E-state index is 0.155. The highest BCUT2D eigenvalue weighted by atomic mass is 16.5. The van der Waals surface area contributed by atoms with E-state index in [0.29, 0.717) is 6.54 Å². The van der Waals surface area contributed by atoms with Gasteiger partial charge in [-0.2, -0.15) is 0 Å². The van der Waals surface area contributed by atoms with Crippen molar-refractivity contribution in [3.8, 4) is 0 Å². The van der Waals surface area contributed by atoms with E-state index in [-0.39, 0.29) is 6.10 Å². The molecule has 0 saturated carbocycles. The van der Waals surface area contributed by atoms with E-state index in [9.17, 15) is 0 Å². The highest BCUT2D eigenvalue weighted by molar-refractivity contribution is 5.29. The van der Waals surface area contributed by atoms with E-state index >= 15 is 0 Å². The van der Waals surface area contributed by atoms with Crippen LogP contribution in [-0.4, -0.2) is 54.3 Å². The molecule has 0 aliphatic heterocycles. The zero-order chi connectivity index (χ0) is 14.3. The molecule has 0 aliphatic carbocycles. The molecule has 1 heterocycles. The molecule has 0 fully saturated rings. The first-order valence-electron chi connectivity index (χ1n) is 6.70. The summed E-state index contributed by atoms with van der Waals surface area (Å²) in [4.78, 5) is 6.71. The van der Waals surface area contributed by atoms with Gasteiger partial charge in [-0.3, -0.25) is 0 Å². The number of anilines is 1. The van der Waals surface area contributed by atoms with Gasteiger partial charge in [0.15, 0.2) is 0 Å². The van der Waals surface area contributed by atoms with E-state index in [1.165, 1.54) is 0 Å². The van der Waals surface area contributed by atoms with Crippen molar-refractivity contribution >= 4 is 5.95 Å². The first-order chi connectivity index (χ1) is 9.10. The Morgan fingerprint density at radius 2 is 2.37 bits per heavy atom. The van der Waals surface area contributed by atoms with Crippen molar-refractivity contribution in [2.24, 2.45) is 0 Å². The van der Waals surface area contributed by atoms with Crippen LogP contribution in [0.4, 0.5) is 5.95 Å². The Hall–Kier alpha value is -1.33. The number of rotatable bonds is 9. The Morgan fingerprint density at radius 1 is 1.63 bits per heavy atom. The van der Waals surface area contributed by atoms with Gasteiger partial charge in [-0.1, -0.05) is 13.0 Å². The van der Waals surface area contributed by atoms with Crippen LogP contribution >= 0.6 is 0 Å². The van der Waals surface area contributed by atoms with Gasteiger partial charge in [-0.15, -0.1) is 6.58 Å². The van der Waals surface area contributed by atoms with E-state index in [0.717, 1.165) is 31.3 Å². The number of nitrogens with one attached hydrogen (secondary N) is 1. The smallest absolute Gasteiger partial charge is 0.203 e. The number of hydrogen-bond donors (Lipinski definition) is 1. The molecule has 0 amide bonds. The summed E-state index contributed by atoms with van der Waals surface area (Å²) in [5, 5.41) is 3.25. The summed E-state index contributed by atoms with van der Waals surface area (Å²) in [7, 11) is 3.86. The lowest BCUT2D eigenvalue weighted by Crippen LogP contribution is -2.33. The van der Waals surface area contributed by atoms with Crippen LogP contribution in [-0.2, 0) is 11.3 Å². The molecule has 108 valence electrons. The predicted molar refractivity (Wildman–Crippen MR) is 79.6 cm³/mol. The van der Waals surface area contributed by atoms with E-state index in [4.69, 9.17) is 4.74 Å². The highest BCUT2D eigenvalue weighted by Crippen LogP contribution is 2.10. The zero-order valence-electron chi connectivity index (χ0n) is 12.5. The molecule has 5 nitrogen and oxygen atoms in total. The molecule has 5 heteroatoms. The van der Waals surface area contributed by atoms with Crippen molar-refractivity contribution in [1.29, 1.82) is 0 Å². The largest absolute Gasteiger partial charge is 0.378 e. The number of aryl methyl sites for hydroxylation is 1. The molecule has 1 unspecified atom stereocenters. The second kappa shape index (κ2) is 7.96. The maximum atomic E-state index is 5.56. The Kier molecular flexibility index (Phi) is 6.59. The van der Waals surface area contributed by atoms with Gasteiger partial charge >= 0.3 is 0 Å². The topological polar surface area (TPSA) is 42.3 Å². The Balaban J connectivity index is 2.69. The fourth-order valence-electron chi connectivity index (χ4n) is 1.89. The van der Waals surface area contributed by atoms with Crippen molar-refractivity contribution in [2.75, 3.05) is 39.1 Å². The van der Waals surface area contributed by atoms with Gasteiger partial charge in [0, 0.05) is 26.4 Å². The molecule has 0 saturated heterocycles. The molecular formula is C14H26N4O. The van der Waals surface area contributed by atoms with Crippen LogP contribution < -0.4 is 5.32 Å². The summed E-state index contributed by atoms with van der Waals surface area (Å²) in [5.74, 6) is 0.874. The van der Waals surface area contributed by atoms with Gasteiger partial charge in [0.2, 0.25) is 5.95 Å². The summed E-state index contributed by atoms with van der Waals surface area (Å²) in [6.07, 6.45) is 4.03. The molecule has 0 radical (unpaired) electrons. The number of imidazole rings is 1. The summed E-state index contributed by atoms with van der Waals surface area (Å²) in [6.45, 7) is 11.3. The molecule has 1 rings (SSSR count). The summed E-state index contributed by atoms with van der Waals surface area (Å²) >= 11 is 0. The monoisotopic (exact) mass is 266 g/mol. The first kappa shape index (κ1) is 15.7. The Morgan fingerprint density at radius 3 is 2.95 bits per heavy atom. The van der Waals surface area contributed by atoms with Crippen molar-refractivity contribution in [3.05, 3.63) is 24.5 Å². The number of aromatic nitrogens is 2. The maximum Gasteiger partial charge on any atom is 0.203 e. The molecule has 0 bridgehead atoms. The van der Waals surface area contributed by atoms with E-state index in [2.05, 4.69) is 40.3 Å². The third kappa shape index (κ3) is 5.04. The standard InChI is InChI=1S/C14H26N4O/c1-6-8-15-14-16-12(3)9-18(14)11-13(19-5)10-17(4)7-2/h6,9,13H,1,7-8,10-11H2,2-5H3,(H,15,16). The number of likely N-dealkylation sites (N-methyl/N-ethyl adjacent to an activating group) is 1. The van der Waals surface area contributed by atoms with Crippen molar-refractivity contribution in [1.82, 2.24) is 14.5 Å². The first-order valence-corrected chi connectivity index (χ1v) is 6.70. The molecule has 0 aliphatic rings. The lowest BCUT2D eigenvalue weighted by molar-refractivity contribution is 0.0607. The van der Waals surface area contributed by atoms with Gasteiger partial charge in [-0.05, 0) is 20.5 Å². The lowest BCUT2D eigenvalue weighted by atomic mass is 10.3. The molecule has 1 aromatic rings. The molecule has 0 aromatic carbocycles. The number of hydrogen-bond acceptors (Lipinski definition) is 4. The van der Waals surface area contributed by atoms with Crippen molar-refractivity contribution in [2.45, 2.75) is 26.5 Å². The molecule has 19 heavy (non-hydrogen) atoms. The average Bonchev–Trinajstić information content (AvgIpc) is 2.75. The van der Waals surface area contributed by atoms with Crippen molar-refractivity contribution in [3.63, 3.8) is 0 Å². The molecule has 1 aromatic heterocycles. The van der Waals surface area contributed by atoms with E-state index < -0.39 is 0 Å². The van der Waals surface area contributed by atoms with Crippen LogP contribution in [0.25, 0.3) is 0 Å². The maximum absolute atomic E-state index is 5.56. The fraction of sp³-hybridized carbons (Fsp3) is 0.643. The van der Waals surface area contributed by atoms with Crippen LogP contribution in [0.3, 0.4) is 0 Å². The van der Waals surface area contributed by atoms with Crippen LogP contribution in [0, 0.1) is 6.92 Å². The second-order valence-corrected chi connectivity index (χ2v) is 4.74. The number of nitrogens with zero attached hydrogens (tertiary/aromatic N) is 3. The molecule has 0 spiro atoms. The minimum Gasteiger partial charge on any atom is -0.378 e. The molecule has 1 atom stereocenters. The Bertz CT molecular complexity index is 389. The SMILES string of the molecule is C=CCNc1nc(C)cn1CC(CN(C)CC)OC. The summed E-state index contributed by atoms with van der Waals surface area (Å²) in [5.41, 5.74) is 1.00. The van der Waals surface area contributed by atoms with Gasteiger partial charge in [-0.25, -0.2) is 4.98 Å². The predicted octanol–water partition coefficient (Wildman–Crippen LogP) is 1.76. The molecular weight excluding hydrogens is 240 g/mol. The van der Waals surface area contributed by atoms with Gasteiger partial charge < -0.3 is 19.5 Å². The third-order valence-electron chi connectivity index (χ3n) is 3.09. The van der Waals surface area contributed by atoms with Gasteiger partial charge in [0.1, 0.15) is 0 Å². The summed E-state index contributed by atoms with van der Waals surface area (Å²) in [6, 6.07) is 0. The average molecular weight is 266 g/mol. The van der Waals surface area contributed by atoms with Crippen molar-refractivity contribution < 1.29 is 4.74 Å². The summed E-state index contributed by atoms with van der Waals surface area (Å²) < 4.78 is 7.66. The van der Waals surface area contributed by atoms with Gasteiger partial charge in [0.05, 0.1) is 18.3 Å². The Labute approximate surface area is 116 Å². The van der Waals surface area contributed by atoms with Crippen LogP contribution in [0.15, 0.2) is 18.9 Å². The van der Waals surface area contributed by atoms with E-state index in [1.807, 2.05) is 19.2 Å². The molecule has 1 N–H and O–H groups in total. The van der Waals surface area contributed by atoms with Gasteiger partial charge in [0.25, 0.3) is 0 Å². The van der Waals surface area contributed by atoms with Crippen LogP contribution in [0.1, 0.15) is 12.6 Å². The number of ether oxygens (including phenoxy) is 1. The lowest BCUT2D eigenvalue weighted by Gasteiger charge is -2.22. The van der Waals surface area contributed by atoms with Crippen LogP contribution in [0.2, 0.25) is 0 Å². The number of methoxy groups -OCH3 is 1. The second-order valence-electron chi connectivity index (χ2n) is 4.74. The van der Waals surface area contributed by atoms with Crippen LogP contribution in [0.5, 0.6) is 0 Å². The fourth-order valence-corrected chi connectivity index (χ4v) is 1.89. The minimum absolute atomic E-state index is 0.155. The highest BCUT2D eigenvalue weighted by Gasteiger charge is 2.13. The third-order valence-corrected chi connectivity index (χ3v) is 3.09.